The molecule has 2 aromatic rings. The number of aromatic nitrogens is 3. The largest absolute Gasteiger partial charge is 0.290 e. The Morgan fingerprint density at radius 2 is 2.43 bits per heavy atom. The fourth-order valence-electron chi connectivity index (χ4n) is 0.991. The summed E-state index contributed by atoms with van der Waals surface area (Å²) in [5.41, 5.74) is 0. The third-order valence-electron chi connectivity index (χ3n) is 1.61. The van der Waals surface area contributed by atoms with Gasteiger partial charge < -0.3 is 0 Å². The van der Waals surface area contributed by atoms with Crippen molar-refractivity contribution < 1.29 is 4.79 Å². The van der Waals surface area contributed by atoms with Crippen molar-refractivity contribution in [2.24, 2.45) is 0 Å². The number of nitrogens with one attached hydrogen (secondary N) is 2. The number of amides is 1. The quantitative estimate of drug-likeness (QED) is 0.784. The second kappa shape index (κ2) is 3.59. The zero-order chi connectivity index (χ0) is 9.97. The first-order chi connectivity index (χ1) is 6.75. The van der Waals surface area contributed by atoms with Gasteiger partial charge in [0.2, 0.25) is 5.95 Å². The summed E-state index contributed by atoms with van der Waals surface area (Å²) in [5, 5.41) is 8.78. The molecule has 6 heteroatoms. The van der Waals surface area contributed by atoms with Gasteiger partial charge in [-0.15, -0.1) is 11.3 Å². The Morgan fingerprint density at radius 1 is 1.57 bits per heavy atom. The van der Waals surface area contributed by atoms with Gasteiger partial charge in [0.05, 0.1) is 4.88 Å². The number of thiophene rings is 1. The van der Waals surface area contributed by atoms with Crippen molar-refractivity contribution in [3.05, 3.63) is 28.2 Å². The standard InChI is InChI=1S/C8H8N4OS/c1-5-2-3-6(14-5)7(13)11-8-9-4-10-12-8/h2-4H,1H3,(H2,9,10,11,12,13). The van der Waals surface area contributed by atoms with Crippen molar-refractivity contribution in [1.82, 2.24) is 15.2 Å². The molecule has 2 N–H and O–H groups in total. The number of hydrogen-bond acceptors (Lipinski definition) is 4. The number of rotatable bonds is 2. The maximum absolute atomic E-state index is 11.5. The zero-order valence-corrected chi connectivity index (χ0v) is 8.26. The molecular formula is C8H8N4OS. The minimum atomic E-state index is -0.167. The molecule has 0 bridgehead atoms. The highest BCUT2D eigenvalue weighted by molar-refractivity contribution is 7.14. The molecule has 0 fully saturated rings. The molecule has 0 saturated carbocycles. The highest BCUT2D eigenvalue weighted by Gasteiger charge is 2.08. The Balaban J connectivity index is 2.10. The molecule has 0 spiro atoms. The summed E-state index contributed by atoms with van der Waals surface area (Å²) in [4.78, 5) is 17.1. The van der Waals surface area contributed by atoms with Crippen molar-refractivity contribution in [3.63, 3.8) is 0 Å². The van der Waals surface area contributed by atoms with Crippen LogP contribution in [0.2, 0.25) is 0 Å². The van der Waals surface area contributed by atoms with E-state index in [0.717, 1.165) is 4.88 Å². The van der Waals surface area contributed by atoms with Crippen LogP contribution >= 0.6 is 11.3 Å². The van der Waals surface area contributed by atoms with Gasteiger partial charge in [-0.05, 0) is 19.1 Å². The number of nitrogens with zero attached hydrogens (tertiary/aromatic N) is 2. The molecule has 2 heterocycles. The lowest BCUT2D eigenvalue weighted by Gasteiger charge is -1.96. The van der Waals surface area contributed by atoms with Crippen LogP contribution in [0.4, 0.5) is 5.95 Å². The summed E-state index contributed by atoms with van der Waals surface area (Å²) < 4.78 is 0. The molecule has 0 aliphatic carbocycles. The van der Waals surface area contributed by atoms with Gasteiger partial charge in [0.25, 0.3) is 5.91 Å². The van der Waals surface area contributed by atoms with Gasteiger partial charge in [0.15, 0.2) is 0 Å². The first kappa shape index (κ1) is 8.89. The Hall–Kier alpha value is -1.69. The second-order valence-electron chi connectivity index (χ2n) is 2.70. The summed E-state index contributed by atoms with van der Waals surface area (Å²) in [6.07, 6.45) is 1.34. The van der Waals surface area contributed by atoms with Crippen LogP contribution in [0.3, 0.4) is 0 Å². The van der Waals surface area contributed by atoms with Gasteiger partial charge in [-0.3, -0.25) is 10.1 Å². The topological polar surface area (TPSA) is 70.7 Å². The summed E-state index contributed by atoms with van der Waals surface area (Å²) in [6.45, 7) is 1.95. The molecule has 2 rings (SSSR count). The van der Waals surface area contributed by atoms with Crippen molar-refractivity contribution in [1.29, 1.82) is 0 Å². The number of aryl methyl sites for hydroxylation is 1. The lowest BCUT2D eigenvalue weighted by atomic mass is 10.4. The van der Waals surface area contributed by atoms with Crippen LogP contribution in [0.5, 0.6) is 0 Å². The first-order valence-corrected chi connectivity index (χ1v) is 4.80. The SMILES string of the molecule is Cc1ccc(C(=O)Nc2ncn[nH]2)s1. The molecule has 0 radical (unpaired) electrons. The first-order valence-electron chi connectivity index (χ1n) is 3.99. The van der Waals surface area contributed by atoms with Crippen LogP contribution in [0.25, 0.3) is 0 Å². The molecule has 14 heavy (non-hydrogen) atoms. The Bertz CT molecular complexity index is 434. The maximum atomic E-state index is 11.5. The third kappa shape index (κ3) is 1.80. The lowest BCUT2D eigenvalue weighted by molar-refractivity contribution is 0.102. The van der Waals surface area contributed by atoms with Gasteiger partial charge in [0, 0.05) is 4.88 Å². The van der Waals surface area contributed by atoms with E-state index in [1.807, 2.05) is 13.0 Å². The van der Waals surface area contributed by atoms with Crippen LogP contribution in [-0.4, -0.2) is 21.1 Å². The molecule has 0 aliphatic heterocycles. The van der Waals surface area contributed by atoms with Crippen molar-refractivity contribution in [3.8, 4) is 0 Å². The van der Waals surface area contributed by atoms with Crippen LogP contribution < -0.4 is 5.32 Å². The van der Waals surface area contributed by atoms with E-state index in [1.165, 1.54) is 17.7 Å². The number of hydrogen-bond donors (Lipinski definition) is 2. The van der Waals surface area contributed by atoms with E-state index in [1.54, 1.807) is 6.07 Å². The Morgan fingerprint density at radius 3 is 3.00 bits per heavy atom. The normalized spacial score (nSPS) is 10.1. The maximum Gasteiger partial charge on any atom is 0.268 e. The average Bonchev–Trinajstić information content (AvgIpc) is 2.75. The van der Waals surface area contributed by atoms with Gasteiger partial charge in [-0.25, -0.2) is 5.10 Å². The monoisotopic (exact) mass is 208 g/mol. The minimum Gasteiger partial charge on any atom is -0.290 e. The number of carbonyl (C=O) groups excluding carboxylic acids is 1. The Labute approximate surface area is 84.2 Å². The molecule has 1 amide bonds. The van der Waals surface area contributed by atoms with Gasteiger partial charge in [-0.1, -0.05) is 0 Å². The Kier molecular flexibility index (Phi) is 2.28. The lowest BCUT2D eigenvalue weighted by Crippen LogP contribution is -2.11. The fraction of sp³-hybridized carbons (Fsp3) is 0.125. The molecule has 0 aliphatic rings. The fourth-order valence-corrected chi connectivity index (χ4v) is 1.75. The molecule has 0 aromatic carbocycles. The number of carbonyl (C=O) groups is 1. The predicted molar refractivity (Wildman–Crippen MR) is 53.4 cm³/mol. The van der Waals surface area contributed by atoms with Crippen molar-refractivity contribution >= 4 is 23.2 Å². The molecule has 72 valence electrons. The minimum absolute atomic E-state index is 0.167. The van der Waals surface area contributed by atoms with Gasteiger partial charge in [0.1, 0.15) is 6.33 Å². The van der Waals surface area contributed by atoms with E-state index in [9.17, 15) is 4.79 Å². The third-order valence-corrected chi connectivity index (χ3v) is 2.61. The molecular weight excluding hydrogens is 200 g/mol. The van der Waals surface area contributed by atoms with Crippen LogP contribution in [0, 0.1) is 6.92 Å². The highest BCUT2D eigenvalue weighted by atomic mass is 32.1. The second-order valence-corrected chi connectivity index (χ2v) is 3.99. The molecule has 0 saturated heterocycles. The van der Waals surface area contributed by atoms with Crippen LogP contribution in [0.15, 0.2) is 18.5 Å². The summed E-state index contributed by atoms with van der Waals surface area (Å²) in [7, 11) is 0. The van der Waals surface area contributed by atoms with Gasteiger partial charge in [-0.2, -0.15) is 10.1 Å². The van der Waals surface area contributed by atoms with E-state index >= 15 is 0 Å². The number of anilines is 1. The van der Waals surface area contributed by atoms with Crippen molar-refractivity contribution in [2.75, 3.05) is 5.32 Å². The zero-order valence-electron chi connectivity index (χ0n) is 7.44. The smallest absolute Gasteiger partial charge is 0.268 e. The van der Waals surface area contributed by atoms with E-state index in [0.29, 0.717) is 10.8 Å². The average molecular weight is 208 g/mol. The summed E-state index contributed by atoms with van der Waals surface area (Å²) >= 11 is 1.44. The number of H-pyrrole nitrogens is 1. The number of aromatic amines is 1. The van der Waals surface area contributed by atoms with E-state index in [-0.39, 0.29) is 5.91 Å². The predicted octanol–water partition coefficient (Wildman–Crippen LogP) is 1.43. The molecule has 0 unspecified atom stereocenters. The van der Waals surface area contributed by atoms with Crippen molar-refractivity contribution in [2.45, 2.75) is 6.92 Å². The van der Waals surface area contributed by atoms with Crippen LogP contribution in [-0.2, 0) is 0 Å². The van der Waals surface area contributed by atoms with E-state index in [2.05, 4.69) is 20.5 Å². The summed E-state index contributed by atoms with van der Waals surface area (Å²) in [6, 6.07) is 3.69. The van der Waals surface area contributed by atoms with E-state index < -0.39 is 0 Å². The van der Waals surface area contributed by atoms with E-state index in [4.69, 9.17) is 0 Å². The molecule has 5 nitrogen and oxygen atoms in total. The highest BCUT2D eigenvalue weighted by Crippen LogP contribution is 2.15. The van der Waals surface area contributed by atoms with Gasteiger partial charge >= 0.3 is 0 Å². The van der Waals surface area contributed by atoms with Crippen LogP contribution in [0.1, 0.15) is 14.5 Å². The molecule has 0 atom stereocenters. The summed E-state index contributed by atoms with van der Waals surface area (Å²) in [5.74, 6) is 0.195. The molecule has 2 aromatic heterocycles.